The van der Waals surface area contributed by atoms with Crippen molar-refractivity contribution >= 4 is 18.2 Å². The van der Waals surface area contributed by atoms with Crippen molar-refractivity contribution in [3.05, 3.63) is 29.2 Å². The van der Waals surface area contributed by atoms with Crippen LogP contribution in [0.1, 0.15) is 37.7 Å². The Balaban J connectivity index is 0.00000220. The number of halogens is 1. The summed E-state index contributed by atoms with van der Waals surface area (Å²) in [6, 6.07) is 2.10. The lowest BCUT2D eigenvalue weighted by atomic mass is 10.2. The lowest BCUT2D eigenvalue weighted by molar-refractivity contribution is 0.475. The van der Waals surface area contributed by atoms with E-state index in [1.807, 2.05) is 11.6 Å². The summed E-state index contributed by atoms with van der Waals surface area (Å²) in [4.78, 5) is 0. The van der Waals surface area contributed by atoms with Crippen LogP contribution in [-0.4, -0.2) is 19.6 Å². The van der Waals surface area contributed by atoms with Crippen LogP contribution in [0.5, 0.6) is 0 Å². The molecule has 0 bridgehead atoms. The maximum absolute atomic E-state index is 4.60. The molecule has 6 heteroatoms. The van der Waals surface area contributed by atoms with Crippen molar-refractivity contribution in [2.75, 3.05) is 5.32 Å². The predicted octanol–water partition coefficient (Wildman–Crippen LogP) is 3.41. The average Bonchev–Trinajstić information content (AvgIpc) is 2.90. The first-order valence-corrected chi connectivity index (χ1v) is 7.30. The highest BCUT2D eigenvalue weighted by molar-refractivity contribution is 5.85. The van der Waals surface area contributed by atoms with E-state index in [0.717, 1.165) is 31.1 Å². The third kappa shape index (κ3) is 4.49. The molecule has 0 saturated heterocycles. The molecule has 0 unspecified atom stereocenters. The molecule has 0 aliphatic carbocycles. The quantitative estimate of drug-likeness (QED) is 0.889. The second kappa shape index (κ2) is 7.50. The van der Waals surface area contributed by atoms with Crippen LogP contribution in [-0.2, 0) is 19.6 Å². The Labute approximate surface area is 133 Å². The number of hydrogen-bond donors (Lipinski definition) is 1. The van der Waals surface area contributed by atoms with E-state index in [0.29, 0.717) is 5.92 Å². The Morgan fingerprint density at radius 1 is 1.24 bits per heavy atom. The fourth-order valence-corrected chi connectivity index (χ4v) is 2.21. The van der Waals surface area contributed by atoms with Gasteiger partial charge in [-0.1, -0.05) is 13.8 Å². The van der Waals surface area contributed by atoms with E-state index in [1.165, 1.54) is 11.3 Å². The van der Waals surface area contributed by atoms with Gasteiger partial charge in [-0.25, -0.2) is 0 Å². The molecule has 2 aromatic rings. The summed E-state index contributed by atoms with van der Waals surface area (Å²) in [5.41, 5.74) is 3.50. The first-order valence-electron chi connectivity index (χ1n) is 7.30. The highest BCUT2D eigenvalue weighted by Crippen LogP contribution is 2.13. The predicted molar refractivity (Wildman–Crippen MR) is 89.0 cm³/mol. The van der Waals surface area contributed by atoms with Crippen molar-refractivity contribution in [2.45, 2.75) is 54.3 Å². The Morgan fingerprint density at radius 3 is 2.52 bits per heavy atom. The number of aryl methyl sites for hydroxylation is 3. The first-order chi connectivity index (χ1) is 9.49. The highest BCUT2D eigenvalue weighted by Gasteiger charge is 2.08. The molecule has 0 spiro atoms. The molecule has 118 valence electrons. The molecule has 0 fully saturated rings. The monoisotopic (exact) mass is 311 g/mol. The molecule has 0 aliphatic rings. The Kier molecular flexibility index (Phi) is 6.27. The summed E-state index contributed by atoms with van der Waals surface area (Å²) in [7, 11) is 0. The third-order valence-electron chi connectivity index (χ3n) is 3.35. The van der Waals surface area contributed by atoms with Crippen molar-refractivity contribution in [1.82, 2.24) is 19.6 Å². The van der Waals surface area contributed by atoms with Gasteiger partial charge in [0.1, 0.15) is 5.82 Å². The van der Waals surface area contributed by atoms with Crippen LogP contribution in [0.25, 0.3) is 0 Å². The molecule has 0 amide bonds. The summed E-state index contributed by atoms with van der Waals surface area (Å²) in [6.07, 6.45) is 2.10. The van der Waals surface area contributed by atoms with Gasteiger partial charge in [0, 0.05) is 43.2 Å². The molecule has 2 aromatic heterocycles. The van der Waals surface area contributed by atoms with E-state index in [-0.39, 0.29) is 12.4 Å². The number of hydrogen-bond acceptors (Lipinski definition) is 3. The minimum absolute atomic E-state index is 0. The van der Waals surface area contributed by atoms with E-state index in [1.54, 1.807) is 0 Å². The van der Waals surface area contributed by atoms with Crippen LogP contribution in [0.15, 0.2) is 12.3 Å². The van der Waals surface area contributed by atoms with E-state index in [2.05, 4.69) is 60.2 Å². The molecule has 2 heterocycles. The van der Waals surface area contributed by atoms with Crippen LogP contribution >= 0.6 is 12.4 Å². The summed E-state index contributed by atoms with van der Waals surface area (Å²) in [6.45, 7) is 13.3. The van der Waals surface area contributed by atoms with Gasteiger partial charge in [-0.2, -0.15) is 10.2 Å². The van der Waals surface area contributed by atoms with Gasteiger partial charge in [-0.15, -0.1) is 12.4 Å². The minimum atomic E-state index is 0. The van der Waals surface area contributed by atoms with Gasteiger partial charge in [-0.3, -0.25) is 9.36 Å². The lowest BCUT2D eigenvalue weighted by Crippen LogP contribution is -2.08. The fraction of sp³-hybridized carbons (Fsp3) is 0.600. The van der Waals surface area contributed by atoms with Gasteiger partial charge in [0.15, 0.2) is 0 Å². The molecule has 5 nitrogen and oxygen atoms in total. The average molecular weight is 312 g/mol. The van der Waals surface area contributed by atoms with Crippen LogP contribution in [0.3, 0.4) is 0 Å². The molecule has 0 saturated carbocycles. The standard InChI is InChI=1S/C15H25N5.ClH/c1-6-19-10-14(13(5)17-19)8-16-15-7-12(4)20(18-15)9-11(2)3;/h7,10-11H,6,8-9H2,1-5H3,(H,16,18);1H. The van der Waals surface area contributed by atoms with Crippen LogP contribution in [0, 0.1) is 19.8 Å². The van der Waals surface area contributed by atoms with E-state index >= 15 is 0 Å². The number of anilines is 1. The molecule has 2 rings (SSSR count). The number of rotatable bonds is 6. The normalized spacial score (nSPS) is 10.8. The number of nitrogens with one attached hydrogen (secondary N) is 1. The minimum Gasteiger partial charge on any atom is -0.364 e. The molecular weight excluding hydrogens is 286 g/mol. The maximum atomic E-state index is 4.60. The summed E-state index contributed by atoms with van der Waals surface area (Å²) in [5.74, 6) is 1.54. The second-order valence-electron chi connectivity index (χ2n) is 5.70. The Bertz CT molecular complexity index is 571. The van der Waals surface area contributed by atoms with Crippen LogP contribution in [0.2, 0.25) is 0 Å². The lowest BCUT2D eigenvalue weighted by Gasteiger charge is -2.06. The maximum Gasteiger partial charge on any atom is 0.148 e. The smallest absolute Gasteiger partial charge is 0.148 e. The summed E-state index contributed by atoms with van der Waals surface area (Å²) >= 11 is 0. The molecule has 0 aliphatic heterocycles. The largest absolute Gasteiger partial charge is 0.364 e. The number of aromatic nitrogens is 4. The zero-order chi connectivity index (χ0) is 14.7. The van der Waals surface area contributed by atoms with Crippen molar-refractivity contribution in [2.24, 2.45) is 5.92 Å². The van der Waals surface area contributed by atoms with Gasteiger partial charge >= 0.3 is 0 Å². The summed E-state index contributed by atoms with van der Waals surface area (Å²) < 4.78 is 4.03. The van der Waals surface area contributed by atoms with Gasteiger partial charge < -0.3 is 5.32 Å². The number of nitrogens with zero attached hydrogens (tertiary/aromatic N) is 4. The van der Waals surface area contributed by atoms with Crippen LogP contribution in [0.4, 0.5) is 5.82 Å². The molecule has 0 radical (unpaired) electrons. The highest BCUT2D eigenvalue weighted by atomic mass is 35.5. The third-order valence-corrected chi connectivity index (χ3v) is 3.35. The van der Waals surface area contributed by atoms with Gasteiger partial charge in [0.25, 0.3) is 0 Å². The Hall–Kier alpha value is -1.49. The van der Waals surface area contributed by atoms with Crippen molar-refractivity contribution in [3.63, 3.8) is 0 Å². The van der Waals surface area contributed by atoms with Crippen molar-refractivity contribution < 1.29 is 0 Å². The fourth-order valence-electron chi connectivity index (χ4n) is 2.21. The molecule has 0 atom stereocenters. The van der Waals surface area contributed by atoms with Gasteiger partial charge in [0.2, 0.25) is 0 Å². The van der Waals surface area contributed by atoms with Gasteiger partial charge in [-0.05, 0) is 26.7 Å². The van der Waals surface area contributed by atoms with Crippen LogP contribution < -0.4 is 5.32 Å². The molecular formula is C15H26ClN5. The van der Waals surface area contributed by atoms with Crippen molar-refractivity contribution in [3.8, 4) is 0 Å². The van der Waals surface area contributed by atoms with E-state index in [9.17, 15) is 0 Å². The van der Waals surface area contributed by atoms with Gasteiger partial charge in [0.05, 0.1) is 5.69 Å². The zero-order valence-electron chi connectivity index (χ0n) is 13.6. The zero-order valence-corrected chi connectivity index (χ0v) is 14.4. The molecule has 21 heavy (non-hydrogen) atoms. The SMILES string of the molecule is CCn1cc(CNc2cc(C)n(CC(C)C)n2)c(C)n1.Cl. The Morgan fingerprint density at radius 2 is 1.95 bits per heavy atom. The molecule has 0 aromatic carbocycles. The second-order valence-corrected chi connectivity index (χ2v) is 5.70. The topological polar surface area (TPSA) is 47.7 Å². The van der Waals surface area contributed by atoms with E-state index in [4.69, 9.17) is 0 Å². The van der Waals surface area contributed by atoms with Crippen molar-refractivity contribution in [1.29, 1.82) is 0 Å². The first kappa shape index (κ1) is 17.6. The molecule has 1 N–H and O–H groups in total. The van der Waals surface area contributed by atoms with E-state index < -0.39 is 0 Å². The summed E-state index contributed by atoms with van der Waals surface area (Å²) in [5, 5.41) is 12.4.